The van der Waals surface area contributed by atoms with E-state index in [9.17, 15) is 4.79 Å². The monoisotopic (exact) mass is 147 g/mol. The van der Waals surface area contributed by atoms with Gasteiger partial charge in [-0.1, -0.05) is 33.0 Å². The van der Waals surface area contributed by atoms with Gasteiger partial charge in [0.05, 0.1) is 5.92 Å². The van der Waals surface area contributed by atoms with Crippen molar-refractivity contribution in [1.82, 2.24) is 0 Å². The molecule has 0 saturated heterocycles. The molecule has 0 heterocycles. The summed E-state index contributed by atoms with van der Waals surface area (Å²) < 4.78 is 21.0. The molecule has 1 atom stereocenters. The Balaban J connectivity index is 4.04. The van der Waals surface area contributed by atoms with Gasteiger partial charge in [0.15, 0.2) is 0 Å². The summed E-state index contributed by atoms with van der Waals surface area (Å²) >= 11 is 0. The van der Waals surface area contributed by atoms with E-state index in [4.69, 9.17) is 9.22 Å². The van der Waals surface area contributed by atoms with E-state index in [2.05, 4.69) is 0 Å². The van der Waals surface area contributed by atoms with Crippen molar-refractivity contribution in [3.05, 3.63) is 0 Å². The normalized spacial score (nSPS) is 18.7. The zero-order valence-electron chi connectivity index (χ0n) is 9.26. The Labute approximate surface area is 66.5 Å². The molecule has 1 unspecified atom stereocenters. The van der Waals surface area contributed by atoms with Crippen LogP contribution in [0, 0.1) is 5.92 Å². The summed E-state index contributed by atoms with van der Waals surface area (Å²) in [5.74, 6) is -2.41. The van der Waals surface area contributed by atoms with Crippen LogP contribution in [-0.2, 0) is 4.79 Å². The van der Waals surface area contributed by atoms with Crippen LogP contribution in [0.2, 0.25) is 0 Å². The SMILES string of the molecule is [2H]C([2H])([2H])C(CCCCC)C(=O)O. The van der Waals surface area contributed by atoms with Crippen LogP contribution in [0.3, 0.4) is 0 Å². The van der Waals surface area contributed by atoms with E-state index < -0.39 is 18.7 Å². The summed E-state index contributed by atoms with van der Waals surface area (Å²) in [7, 11) is 0. The van der Waals surface area contributed by atoms with E-state index in [1.165, 1.54) is 0 Å². The number of carboxylic acid groups (broad SMARTS) is 1. The summed E-state index contributed by atoms with van der Waals surface area (Å²) in [6, 6.07) is 0. The van der Waals surface area contributed by atoms with Gasteiger partial charge in [-0.05, 0) is 6.42 Å². The molecule has 0 rings (SSSR count). The molecule has 0 aliphatic carbocycles. The highest BCUT2D eigenvalue weighted by Gasteiger charge is 2.08. The van der Waals surface area contributed by atoms with Gasteiger partial charge in [-0.15, -0.1) is 0 Å². The Hall–Kier alpha value is -0.530. The smallest absolute Gasteiger partial charge is 0.306 e. The fourth-order valence-corrected chi connectivity index (χ4v) is 0.722. The van der Waals surface area contributed by atoms with Gasteiger partial charge in [0.25, 0.3) is 0 Å². The lowest BCUT2D eigenvalue weighted by atomic mass is 10.0. The lowest BCUT2D eigenvalue weighted by Crippen LogP contribution is -2.08. The summed E-state index contributed by atoms with van der Waals surface area (Å²) in [6.45, 7) is -0.370. The molecule has 2 nitrogen and oxygen atoms in total. The summed E-state index contributed by atoms with van der Waals surface area (Å²) in [5.41, 5.74) is 0. The van der Waals surface area contributed by atoms with Crippen molar-refractivity contribution in [1.29, 1.82) is 0 Å². The quantitative estimate of drug-likeness (QED) is 0.606. The van der Waals surface area contributed by atoms with Crippen LogP contribution in [0.25, 0.3) is 0 Å². The number of aliphatic carboxylic acids is 1. The van der Waals surface area contributed by atoms with Crippen molar-refractivity contribution in [2.75, 3.05) is 0 Å². The Kier molecular flexibility index (Phi) is 2.72. The summed E-state index contributed by atoms with van der Waals surface area (Å²) in [4.78, 5) is 10.6. The molecule has 0 saturated carbocycles. The van der Waals surface area contributed by atoms with Crippen LogP contribution < -0.4 is 0 Å². The van der Waals surface area contributed by atoms with Gasteiger partial charge in [-0.2, -0.15) is 0 Å². The molecule has 1 N–H and O–H groups in total. The average Bonchev–Trinajstić information content (AvgIpc) is 1.94. The molecule has 0 aromatic heterocycles. The van der Waals surface area contributed by atoms with E-state index in [1.807, 2.05) is 6.92 Å². The Morgan fingerprint density at radius 1 is 1.70 bits per heavy atom. The minimum absolute atomic E-state index is 0.250. The molecule has 0 amide bonds. The average molecular weight is 147 g/mol. The standard InChI is InChI=1S/C8H16O2/c1-3-4-5-6-7(2)8(9)10/h7H,3-6H2,1-2H3,(H,9,10)/i2D3. The maximum atomic E-state index is 10.6. The van der Waals surface area contributed by atoms with Crippen molar-refractivity contribution < 1.29 is 14.0 Å². The van der Waals surface area contributed by atoms with Gasteiger partial charge < -0.3 is 5.11 Å². The van der Waals surface area contributed by atoms with E-state index >= 15 is 0 Å². The number of hydrogen-bond donors (Lipinski definition) is 1. The highest BCUT2D eigenvalue weighted by Crippen LogP contribution is 2.08. The molecular formula is C8H16O2. The second kappa shape index (κ2) is 5.27. The van der Waals surface area contributed by atoms with Gasteiger partial charge in [-0.25, -0.2) is 0 Å². The Bertz CT molecular complexity index is 165. The van der Waals surface area contributed by atoms with Crippen LogP contribution in [0.1, 0.15) is 43.6 Å². The van der Waals surface area contributed by atoms with E-state index in [-0.39, 0.29) is 6.42 Å². The molecule has 2 heteroatoms. The molecule has 10 heavy (non-hydrogen) atoms. The minimum atomic E-state index is -2.36. The number of unbranched alkanes of at least 4 members (excludes halogenated alkanes) is 2. The van der Waals surface area contributed by atoms with Gasteiger partial charge in [0, 0.05) is 4.11 Å². The molecule has 60 valence electrons. The van der Waals surface area contributed by atoms with Crippen LogP contribution in [0.4, 0.5) is 0 Å². The molecule has 0 radical (unpaired) electrons. The fourth-order valence-electron chi connectivity index (χ4n) is 0.722. The third-order valence-corrected chi connectivity index (χ3v) is 1.39. The summed E-state index contributed by atoms with van der Waals surface area (Å²) in [6.07, 6.45) is 2.78. The van der Waals surface area contributed by atoms with Crippen molar-refractivity contribution >= 4 is 5.97 Å². The number of carbonyl (C=O) groups is 1. The predicted octanol–water partition coefficient (Wildman–Crippen LogP) is 2.29. The molecular weight excluding hydrogens is 128 g/mol. The molecule has 0 aliphatic heterocycles. The van der Waals surface area contributed by atoms with E-state index in [0.717, 1.165) is 12.8 Å². The zero-order chi connectivity index (χ0) is 10.5. The maximum absolute atomic E-state index is 10.6. The number of hydrogen-bond acceptors (Lipinski definition) is 1. The second-order valence-electron chi connectivity index (χ2n) is 2.39. The van der Waals surface area contributed by atoms with Gasteiger partial charge in [-0.3, -0.25) is 4.79 Å². The molecule has 0 aromatic rings. The lowest BCUT2D eigenvalue weighted by Gasteiger charge is -2.03. The fraction of sp³-hybridized carbons (Fsp3) is 0.875. The first-order valence-corrected chi connectivity index (χ1v) is 3.62. The first-order chi connectivity index (χ1) is 5.89. The molecule has 0 bridgehead atoms. The number of rotatable bonds is 5. The Morgan fingerprint density at radius 2 is 2.40 bits per heavy atom. The van der Waals surface area contributed by atoms with Crippen LogP contribution in [0.15, 0.2) is 0 Å². The highest BCUT2D eigenvalue weighted by atomic mass is 16.4. The Morgan fingerprint density at radius 3 is 2.80 bits per heavy atom. The zero-order valence-corrected chi connectivity index (χ0v) is 6.26. The first-order valence-electron chi connectivity index (χ1n) is 5.12. The van der Waals surface area contributed by atoms with Crippen LogP contribution in [0.5, 0.6) is 0 Å². The second-order valence-corrected chi connectivity index (χ2v) is 2.39. The first kappa shape index (κ1) is 5.16. The van der Waals surface area contributed by atoms with Gasteiger partial charge in [0.1, 0.15) is 0 Å². The van der Waals surface area contributed by atoms with Gasteiger partial charge in [0.2, 0.25) is 0 Å². The van der Waals surface area contributed by atoms with Crippen molar-refractivity contribution in [2.24, 2.45) is 5.92 Å². The van der Waals surface area contributed by atoms with E-state index in [0.29, 0.717) is 6.42 Å². The lowest BCUT2D eigenvalue weighted by molar-refractivity contribution is -0.141. The molecule has 0 aromatic carbocycles. The number of carboxylic acids is 1. The highest BCUT2D eigenvalue weighted by molar-refractivity contribution is 5.69. The topological polar surface area (TPSA) is 37.3 Å². The minimum Gasteiger partial charge on any atom is -0.481 e. The summed E-state index contributed by atoms with van der Waals surface area (Å²) in [5, 5.41) is 8.65. The largest absolute Gasteiger partial charge is 0.481 e. The van der Waals surface area contributed by atoms with Crippen LogP contribution >= 0.6 is 0 Å². The molecule has 0 fully saturated rings. The van der Waals surface area contributed by atoms with E-state index in [1.54, 1.807) is 0 Å². The van der Waals surface area contributed by atoms with Crippen molar-refractivity contribution in [3.8, 4) is 0 Å². The predicted molar refractivity (Wildman–Crippen MR) is 40.9 cm³/mol. The third kappa shape index (κ3) is 4.36. The van der Waals surface area contributed by atoms with Crippen molar-refractivity contribution in [2.45, 2.75) is 39.5 Å². The maximum Gasteiger partial charge on any atom is 0.306 e. The molecule has 0 spiro atoms. The van der Waals surface area contributed by atoms with Crippen LogP contribution in [-0.4, -0.2) is 11.1 Å². The van der Waals surface area contributed by atoms with Crippen molar-refractivity contribution in [3.63, 3.8) is 0 Å². The van der Waals surface area contributed by atoms with Gasteiger partial charge >= 0.3 is 5.97 Å². The third-order valence-electron chi connectivity index (χ3n) is 1.39. The molecule has 0 aliphatic rings.